The van der Waals surface area contributed by atoms with Gasteiger partial charge in [0.05, 0.1) is 13.2 Å². The molecular weight excluding hydrogens is 332 g/mol. The number of hydrogen-bond donors (Lipinski definition) is 2. The second kappa shape index (κ2) is 9.46. The summed E-state index contributed by atoms with van der Waals surface area (Å²) in [5.41, 5.74) is 6.62. The second-order valence-corrected chi connectivity index (χ2v) is 5.75. The van der Waals surface area contributed by atoms with E-state index in [1.807, 2.05) is 13.8 Å². The second-order valence-electron chi connectivity index (χ2n) is 5.75. The molecule has 0 spiro atoms. The molecule has 6 heteroatoms. The minimum absolute atomic E-state index is 0.278. The Morgan fingerprint density at radius 3 is 2.04 bits per heavy atom. The van der Waals surface area contributed by atoms with Crippen molar-refractivity contribution in [3.05, 3.63) is 53.6 Å². The van der Waals surface area contributed by atoms with E-state index in [0.717, 1.165) is 12.8 Å². The summed E-state index contributed by atoms with van der Waals surface area (Å²) < 4.78 is 11.4. The molecule has 2 aromatic carbocycles. The highest BCUT2D eigenvalue weighted by Crippen LogP contribution is 2.29. The maximum absolute atomic E-state index is 12.5. The standard InChI is InChI=1S/C20H24N2O4/c1-3-11-25-17-10-7-15(13-18(17)26-12-4-2)20(24)22-16-8-5-14(6-9-16)19(21)23/h5-10,13H,3-4,11-12H2,1-2H3,(H2,21,23)(H,22,24). The summed E-state index contributed by atoms with van der Waals surface area (Å²) >= 11 is 0. The lowest BCUT2D eigenvalue weighted by atomic mass is 10.1. The topological polar surface area (TPSA) is 90.6 Å². The van der Waals surface area contributed by atoms with Gasteiger partial charge in [-0.15, -0.1) is 0 Å². The molecule has 0 aliphatic rings. The van der Waals surface area contributed by atoms with Crippen molar-refractivity contribution in [1.82, 2.24) is 0 Å². The molecule has 0 radical (unpaired) electrons. The summed E-state index contributed by atoms with van der Waals surface area (Å²) in [6.45, 7) is 5.17. The molecule has 6 nitrogen and oxygen atoms in total. The van der Waals surface area contributed by atoms with Gasteiger partial charge < -0.3 is 20.5 Å². The van der Waals surface area contributed by atoms with Gasteiger partial charge in [0.1, 0.15) is 0 Å². The van der Waals surface area contributed by atoms with Crippen molar-refractivity contribution in [3.63, 3.8) is 0 Å². The highest BCUT2D eigenvalue weighted by molar-refractivity contribution is 6.05. The van der Waals surface area contributed by atoms with Gasteiger partial charge >= 0.3 is 0 Å². The van der Waals surface area contributed by atoms with Crippen LogP contribution in [0.25, 0.3) is 0 Å². The van der Waals surface area contributed by atoms with E-state index < -0.39 is 5.91 Å². The van der Waals surface area contributed by atoms with E-state index in [-0.39, 0.29) is 5.91 Å². The minimum atomic E-state index is -0.511. The van der Waals surface area contributed by atoms with Gasteiger partial charge in [-0.3, -0.25) is 9.59 Å². The Bertz CT molecular complexity index is 757. The van der Waals surface area contributed by atoms with Crippen LogP contribution in [-0.4, -0.2) is 25.0 Å². The Morgan fingerprint density at radius 1 is 0.885 bits per heavy atom. The van der Waals surface area contributed by atoms with Crippen molar-refractivity contribution in [2.45, 2.75) is 26.7 Å². The molecule has 0 fully saturated rings. The first-order chi connectivity index (χ1) is 12.5. The van der Waals surface area contributed by atoms with Crippen LogP contribution in [0.5, 0.6) is 11.5 Å². The smallest absolute Gasteiger partial charge is 0.255 e. The fraction of sp³-hybridized carbons (Fsp3) is 0.300. The first-order valence-electron chi connectivity index (χ1n) is 8.66. The number of nitrogens with one attached hydrogen (secondary N) is 1. The Hall–Kier alpha value is -3.02. The van der Waals surface area contributed by atoms with Gasteiger partial charge in [0, 0.05) is 16.8 Å². The fourth-order valence-corrected chi connectivity index (χ4v) is 2.23. The van der Waals surface area contributed by atoms with Crippen LogP contribution in [0.15, 0.2) is 42.5 Å². The third-order valence-corrected chi connectivity index (χ3v) is 3.56. The van der Waals surface area contributed by atoms with Gasteiger partial charge in [-0.05, 0) is 55.3 Å². The molecule has 0 aromatic heterocycles. The molecule has 0 unspecified atom stereocenters. The molecule has 0 bridgehead atoms. The van der Waals surface area contributed by atoms with Crippen molar-refractivity contribution in [2.24, 2.45) is 5.73 Å². The molecular formula is C20H24N2O4. The number of ether oxygens (including phenoxy) is 2. The van der Waals surface area contributed by atoms with E-state index >= 15 is 0 Å². The molecule has 0 heterocycles. The lowest BCUT2D eigenvalue weighted by molar-refractivity contribution is 0.0998. The molecule has 0 aliphatic carbocycles. The fourth-order valence-electron chi connectivity index (χ4n) is 2.23. The number of benzene rings is 2. The summed E-state index contributed by atoms with van der Waals surface area (Å²) in [5.74, 6) is 0.392. The van der Waals surface area contributed by atoms with Gasteiger partial charge in [0.25, 0.3) is 5.91 Å². The van der Waals surface area contributed by atoms with Gasteiger partial charge in [-0.25, -0.2) is 0 Å². The van der Waals surface area contributed by atoms with Gasteiger partial charge in [0.15, 0.2) is 11.5 Å². The van der Waals surface area contributed by atoms with Crippen molar-refractivity contribution >= 4 is 17.5 Å². The van der Waals surface area contributed by atoms with Crippen LogP contribution in [0.4, 0.5) is 5.69 Å². The number of carbonyl (C=O) groups excluding carboxylic acids is 2. The van der Waals surface area contributed by atoms with E-state index in [1.54, 1.807) is 42.5 Å². The molecule has 26 heavy (non-hydrogen) atoms. The van der Waals surface area contributed by atoms with Crippen LogP contribution in [0.3, 0.4) is 0 Å². The number of carbonyl (C=O) groups is 2. The maximum atomic E-state index is 12.5. The van der Waals surface area contributed by atoms with Gasteiger partial charge in [0.2, 0.25) is 5.91 Å². The van der Waals surface area contributed by atoms with Crippen LogP contribution in [0, 0.1) is 0 Å². The summed E-state index contributed by atoms with van der Waals surface area (Å²) in [5, 5.41) is 2.78. The Morgan fingerprint density at radius 2 is 1.46 bits per heavy atom. The molecule has 0 saturated carbocycles. The molecule has 0 atom stereocenters. The zero-order valence-corrected chi connectivity index (χ0v) is 15.1. The normalized spacial score (nSPS) is 10.2. The number of hydrogen-bond acceptors (Lipinski definition) is 4. The molecule has 3 N–H and O–H groups in total. The van der Waals surface area contributed by atoms with Crippen LogP contribution < -0.4 is 20.5 Å². The zero-order chi connectivity index (χ0) is 18.9. The van der Waals surface area contributed by atoms with Crippen molar-refractivity contribution in [3.8, 4) is 11.5 Å². The van der Waals surface area contributed by atoms with E-state index in [4.69, 9.17) is 15.2 Å². The van der Waals surface area contributed by atoms with Crippen LogP contribution in [0.1, 0.15) is 47.4 Å². The first-order valence-corrected chi connectivity index (χ1v) is 8.66. The number of primary amides is 1. The number of rotatable bonds is 9. The minimum Gasteiger partial charge on any atom is -0.490 e. The van der Waals surface area contributed by atoms with Gasteiger partial charge in [-0.2, -0.15) is 0 Å². The van der Waals surface area contributed by atoms with Crippen molar-refractivity contribution < 1.29 is 19.1 Å². The molecule has 2 amide bonds. The largest absolute Gasteiger partial charge is 0.490 e. The summed E-state index contributed by atoms with van der Waals surface area (Å²) in [7, 11) is 0. The monoisotopic (exact) mass is 356 g/mol. The summed E-state index contributed by atoms with van der Waals surface area (Å²) in [6, 6.07) is 11.5. The molecule has 138 valence electrons. The zero-order valence-electron chi connectivity index (χ0n) is 15.1. The Kier molecular flexibility index (Phi) is 7.02. The average molecular weight is 356 g/mol. The molecule has 2 aromatic rings. The van der Waals surface area contributed by atoms with Crippen LogP contribution >= 0.6 is 0 Å². The molecule has 0 aliphatic heterocycles. The van der Waals surface area contributed by atoms with Gasteiger partial charge in [-0.1, -0.05) is 13.8 Å². The predicted molar refractivity (Wildman–Crippen MR) is 101 cm³/mol. The Labute approximate surface area is 153 Å². The lowest BCUT2D eigenvalue weighted by Gasteiger charge is -2.13. The SMILES string of the molecule is CCCOc1ccc(C(=O)Nc2ccc(C(N)=O)cc2)cc1OCCC. The number of anilines is 1. The maximum Gasteiger partial charge on any atom is 0.255 e. The van der Waals surface area contributed by atoms with Crippen molar-refractivity contribution in [1.29, 1.82) is 0 Å². The molecule has 0 saturated heterocycles. The predicted octanol–water partition coefficient (Wildman–Crippen LogP) is 3.62. The number of nitrogens with two attached hydrogens (primary N) is 1. The third kappa shape index (κ3) is 5.24. The molecule has 2 rings (SSSR count). The van der Waals surface area contributed by atoms with Crippen LogP contribution in [-0.2, 0) is 0 Å². The van der Waals surface area contributed by atoms with Crippen molar-refractivity contribution in [2.75, 3.05) is 18.5 Å². The van der Waals surface area contributed by atoms with Crippen LogP contribution in [0.2, 0.25) is 0 Å². The quantitative estimate of drug-likeness (QED) is 0.718. The van der Waals surface area contributed by atoms with E-state index in [2.05, 4.69) is 5.32 Å². The first kappa shape index (κ1) is 19.3. The third-order valence-electron chi connectivity index (χ3n) is 3.56. The highest BCUT2D eigenvalue weighted by Gasteiger charge is 2.12. The summed E-state index contributed by atoms with van der Waals surface area (Å²) in [6.07, 6.45) is 1.74. The Balaban J connectivity index is 2.15. The average Bonchev–Trinajstić information content (AvgIpc) is 2.65. The highest BCUT2D eigenvalue weighted by atomic mass is 16.5. The lowest BCUT2D eigenvalue weighted by Crippen LogP contribution is -2.14. The number of amides is 2. The van der Waals surface area contributed by atoms with E-state index in [1.165, 1.54) is 0 Å². The van der Waals surface area contributed by atoms with E-state index in [9.17, 15) is 9.59 Å². The van der Waals surface area contributed by atoms with E-state index in [0.29, 0.717) is 41.5 Å². The summed E-state index contributed by atoms with van der Waals surface area (Å²) in [4.78, 5) is 23.6.